The minimum atomic E-state index is -1.12. The van der Waals surface area contributed by atoms with Crippen molar-refractivity contribution in [2.24, 2.45) is 11.8 Å². The fraction of sp³-hybridized carbons (Fsp3) is 0.519. The number of anilines is 1. The molecule has 3 aliphatic heterocycles. The molecule has 2 amide bonds. The summed E-state index contributed by atoms with van der Waals surface area (Å²) in [6.07, 6.45) is 5.59. The van der Waals surface area contributed by atoms with E-state index in [2.05, 4.69) is 13.2 Å². The maximum atomic E-state index is 14.3. The van der Waals surface area contributed by atoms with Gasteiger partial charge in [-0.05, 0) is 44.2 Å². The predicted molar refractivity (Wildman–Crippen MR) is 135 cm³/mol. The summed E-state index contributed by atoms with van der Waals surface area (Å²) in [6, 6.07) is 6.12. The molecular formula is C27H33ClN2O6. The van der Waals surface area contributed by atoms with Gasteiger partial charge in [0.25, 0.3) is 5.91 Å². The van der Waals surface area contributed by atoms with Gasteiger partial charge in [0.2, 0.25) is 5.91 Å². The molecule has 1 aromatic rings. The lowest BCUT2D eigenvalue weighted by Gasteiger charge is -2.37. The molecular weight excluding hydrogens is 484 g/mol. The van der Waals surface area contributed by atoms with Gasteiger partial charge in [-0.3, -0.25) is 14.4 Å². The van der Waals surface area contributed by atoms with Gasteiger partial charge in [0.05, 0.1) is 28.6 Å². The molecule has 5 atom stereocenters. The summed E-state index contributed by atoms with van der Waals surface area (Å²) in [7, 11) is 0. The Hall–Kier alpha value is -2.68. The molecule has 0 aromatic heterocycles. The molecule has 1 spiro atoms. The molecule has 1 N–H and O–H groups in total. The zero-order chi connectivity index (χ0) is 25.9. The Balaban J connectivity index is 1.72. The fourth-order valence-electron chi connectivity index (χ4n) is 6.00. The van der Waals surface area contributed by atoms with Crippen LogP contribution in [0.1, 0.15) is 32.1 Å². The van der Waals surface area contributed by atoms with Crippen molar-refractivity contribution >= 4 is 35.1 Å². The van der Waals surface area contributed by atoms with Gasteiger partial charge in [-0.15, -0.1) is 6.58 Å². The second-order valence-electron chi connectivity index (χ2n) is 9.48. The summed E-state index contributed by atoms with van der Waals surface area (Å²) < 4.78 is 11.8. The van der Waals surface area contributed by atoms with Gasteiger partial charge in [-0.1, -0.05) is 42.5 Å². The number of amides is 2. The van der Waals surface area contributed by atoms with Crippen LogP contribution in [0.5, 0.6) is 0 Å². The average Bonchev–Trinajstić information content (AvgIpc) is 3.51. The molecule has 36 heavy (non-hydrogen) atoms. The second kappa shape index (κ2) is 11.2. The van der Waals surface area contributed by atoms with E-state index in [1.165, 1.54) is 11.0 Å². The highest BCUT2D eigenvalue weighted by molar-refractivity contribution is 6.34. The SMILES string of the molecule is C=CCOC(=O)[C@@H]1[C@@H]2CCC3(O2)C(C(=O)N(CC=C)c2ccccc2Cl)N(CCCCCO)C(=O)[C@H]13. The van der Waals surface area contributed by atoms with Crippen LogP contribution in [0.25, 0.3) is 0 Å². The van der Waals surface area contributed by atoms with Crippen LogP contribution in [-0.4, -0.2) is 71.8 Å². The molecule has 194 valence electrons. The van der Waals surface area contributed by atoms with Crippen LogP contribution < -0.4 is 4.90 Å². The van der Waals surface area contributed by atoms with E-state index in [9.17, 15) is 19.5 Å². The molecule has 3 saturated heterocycles. The Morgan fingerprint density at radius 2 is 2.03 bits per heavy atom. The predicted octanol–water partition coefficient (Wildman–Crippen LogP) is 3.13. The normalized spacial score (nSPS) is 28.2. The topological polar surface area (TPSA) is 96.4 Å². The molecule has 4 rings (SSSR count). The summed E-state index contributed by atoms with van der Waals surface area (Å²) in [5.41, 5.74) is -0.597. The molecule has 3 fully saturated rings. The quantitative estimate of drug-likeness (QED) is 0.260. The molecule has 1 aromatic carbocycles. The highest BCUT2D eigenvalue weighted by atomic mass is 35.5. The minimum absolute atomic E-state index is 0.0445. The summed E-state index contributed by atoms with van der Waals surface area (Å²) in [5.74, 6) is -2.64. The van der Waals surface area contributed by atoms with Crippen LogP contribution in [0, 0.1) is 11.8 Å². The number of hydrogen-bond acceptors (Lipinski definition) is 6. The van der Waals surface area contributed by atoms with Crippen molar-refractivity contribution in [3.8, 4) is 0 Å². The largest absolute Gasteiger partial charge is 0.461 e. The third kappa shape index (κ3) is 4.46. The molecule has 3 aliphatic rings. The number of likely N-dealkylation sites (tertiary alicyclic amines) is 1. The third-order valence-electron chi connectivity index (χ3n) is 7.43. The number of rotatable bonds is 12. The van der Waals surface area contributed by atoms with E-state index >= 15 is 0 Å². The smallest absolute Gasteiger partial charge is 0.312 e. The number of fused-ring (bicyclic) bond motifs is 1. The number of carbonyl (C=O) groups is 3. The molecule has 2 unspecified atom stereocenters. The third-order valence-corrected chi connectivity index (χ3v) is 7.75. The standard InChI is InChI=1S/C27H33ClN2O6/c1-3-14-29(19-11-7-6-10-18(19)28)25(33)23-27-13-12-20(36-27)21(26(34)35-17-4-2)22(27)24(32)30(23)15-8-5-9-16-31/h3-4,6-7,10-11,20-23,31H,1-2,5,8-9,12-17H2/t20-,21+,22-,23?,27?/m0/s1. The average molecular weight is 517 g/mol. The number of aliphatic hydroxyl groups excluding tert-OH is 1. The molecule has 2 bridgehead atoms. The number of para-hydroxylation sites is 1. The molecule has 8 nitrogen and oxygen atoms in total. The lowest BCUT2D eigenvalue weighted by molar-refractivity contribution is -0.154. The number of aliphatic hydroxyl groups is 1. The molecule has 0 aliphatic carbocycles. The van der Waals surface area contributed by atoms with Crippen LogP contribution >= 0.6 is 11.6 Å². The summed E-state index contributed by atoms with van der Waals surface area (Å²) >= 11 is 6.46. The van der Waals surface area contributed by atoms with Gasteiger partial charge in [0.1, 0.15) is 18.2 Å². The number of hydrogen-bond donors (Lipinski definition) is 1. The van der Waals surface area contributed by atoms with E-state index in [-0.39, 0.29) is 31.6 Å². The van der Waals surface area contributed by atoms with Crippen molar-refractivity contribution in [2.45, 2.75) is 49.9 Å². The zero-order valence-electron chi connectivity index (χ0n) is 20.3. The first-order valence-corrected chi connectivity index (χ1v) is 12.8. The Morgan fingerprint density at radius 1 is 1.25 bits per heavy atom. The second-order valence-corrected chi connectivity index (χ2v) is 9.89. The number of unbranched alkanes of at least 4 members (excludes halogenated alkanes) is 2. The van der Waals surface area contributed by atoms with E-state index in [0.29, 0.717) is 49.4 Å². The van der Waals surface area contributed by atoms with Gasteiger partial charge in [-0.2, -0.15) is 0 Å². The van der Waals surface area contributed by atoms with Gasteiger partial charge >= 0.3 is 5.97 Å². The Kier molecular flexibility index (Phi) is 8.17. The maximum absolute atomic E-state index is 14.3. The first-order chi connectivity index (χ1) is 17.4. The van der Waals surface area contributed by atoms with Crippen molar-refractivity contribution < 1.29 is 29.0 Å². The van der Waals surface area contributed by atoms with Crippen molar-refractivity contribution in [3.63, 3.8) is 0 Å². The van der Waals surface area contributed by atoms with Crippen molar-refractivity contribution in [2.75, 3.05) is 31.2 Å². The van der Waals surface area contributed by atoms with Crippen LogP contribution in [0.15, 0.2) is 49.6 Å². The summed E-state index contributed by atoms with van der Waals surface area (Å²) in [5, 5.41) is 9.58. The molecule has 0 saturated carbocycles. The van der Waals surface area contributed by atoms with E-state index in [1.807, 2.05) is 0 Å². The van der Waals surface area contributed by atoms with Crippen LogP contribution in [0.3, 0.4) is 0 Å². The number of esters is 1. The Morgan fingerprint density at radius 3 is 2.72 bits per heavy atom. The molecule has 3 heterocycles. The minimum Gasteiger partial charge on any atom is -0.461 e. The lowest BCUT2D eigenvalue weighted by Crippen LogP contribution is -2.56. The monoisotopic (exact) mass is 516 g/mol. The van der Waals surface area contributed by atoms with E-state index < -0.39 is 35.6 Å². The first kappa shape index (κ1) is 26.4. The van der Waals surface area contributed by atoms with Gasteiger partial charge in [0, 0.05) is 19.7 Å². The summed E-state index contributed by atoms with van der Waals surface area (Å²) in [6.45, 7) is 8.01. The number of nitrogens with zero attached hydrogens (tertiary/aromatic N) is 2. The number of ether oxygens (including phenoxy) is 2. The summed E-state index contributed by atoms with van der Waals surface area (Å²) in [4.78, 5) is 44.3. The zero-order valence-corrected chi connectivity index (χ0v) is 21.1. The number of carbonyl (C=O) groups excluding carboxylic acids is 3. The maximum Gasteiger partial charge on any atom is 0.312 e. The fourth-order valence-corrected chi connectivity index (χ4v) is 6.24. The molecule has 9 heteroatoms. The Labute approximate surface area is 216 Å². The van der Waals surface area contributed by atoms with E-state index in [1.54, 1.807) is 35.2 Å². The molecule has 0 radical (unpaired) electrons. The van der Waals surface area contributed by atoms with E-state index in [4.69, 9.17) is 21.1 Å². The van der Waals surface area contributed by atoms with Crippen molar-refractivity contribution in [1.29, 1.82) is 0 Å². The number of benzene rings is 1. The van der Waals surface area contributed by atoms with Crippen LogP contribution in [-0.2, 0) is 23.9 Å². The van der Waals surface area contributed by atoms with Gasteiger partial charge in [-0.25, -0.2) is 0 Å². The van der Waals surface area contributed by atoms with Crippen molar-refractivity contribution in [1.82, 2.24) is 4.90 Å². The van der Waals surface area contributed by atoms with Gasteiger partial charge in [0.15, 0.2) is 0 Å². The Bertz CT molecular complexity index is 1030. The van der Waals surface area contributed by atoms with E-state index in [0.717, 1.165) is 0 Å². The highest BCUT2D eigenvalue weighted by Crippen LogP contribution is 2.59. The van der Waals surface area contributed by atoms with Crippen LogP contribution in [0.4, 0.5) is 5.69 Å². The highest BCUT2D eigenvalue weighted by Gasteiger charge is 2.75. The van der Waals surface area contributed by atoms with Gasteiger partial charge < -0.3 is 24.4 Å². The lowest BCUT2D eigenvalue weighted by atomic mass is 9.70. The number of halogens is 1. The van der Waals surface area contributed by atoms with Crippen molar-refractivity contribution in [3.05, 3.63) is 54.6 Å². The first-order valence-electron chi connectivity index (χ1n) is 12.4. The van der Waals surface area contributed by atoms with Crippen LogP contribution in [0.2, 0.25) is 5.02 Å².